The fourth-order valence-electron chi connectivity index (χ4n) is 3.09. The van der Waals surface area contributed by atoms with Crippen LogP contribution in [0.1, 0.15) is 46.0 Å². The van der Waals surface area contributed by atoms with Crippen molar-refractivity contribution in [2.24, 2.45) is 0 Å². The minimum atomic E-state index is -1.03. The molecule has 1 heterocycles. The Hall–Kier alpha value is -3.74. The van der Waals surface area contributed by atoms with Crippen LogP contribution in [0, 0.1) is 13.8 Å². The fraction of sp³-hybridized carbons (Fsp3) is 0.217. The number of carbonyl (C=O) groups is 3. The lowest BCUT2D eigenvalue weighted by molar-refractivity contribution is -0.123. The second-order valence-electron chi connectivity index (χ2n) is 6.97. The van der Waals surface area contributed by atoms with Gasteiger partial charge in [0.15, 0.2) is 11.9 Å². The van der Waals surface area contributed by atoms with E-state index in [1.165, 1.54) is 13.8 Å². The second-order valence-corrected chi connectivity index (χ2v) is 6.97. The zero-order valence-electron chi connectivity index (χ0n) is 17.3. The summed E-state index contributed by atoms with van der Waals surface area (Å²) in [6.07, 6.45) is -1.03. The van der Waals surface area contributed by atoms with Crippen molar-refractivity contribution < 1.29 is 19.1 Å². The Balaban J connectivity index is 1.73. The van der Waals surface area contributed by atoms with Gasteiger partial charge >= 0.3 is 5.97 Å². The SMILES string of the molecule is CC(=O)c1cccc(NC(=O)[C@H](C)OC(=O)c2c(C)nn(-c3ccccc3)c2C)c1. The zero-order valence-corrected chi connectivity index (χ0v) is 17.3. The summed E-state index contributed by atoms with van der Waals surface area (Å²) in [6.45, 7) is 6.45. The van der Waals surface area contributed by atoms with Crippen LogP contribution in [-0.4, -0.2) is 33.5 Å². The summed E-state index contributed by atoms with van der Waals surface area (Å²) < 4.78 is 7.06. The number of para-hydroxylation sites is 1. The van der Waals surface area contributed by atoms with Crippen LogP contribution in [0.25, 0.3) is 5.69 Å². The summed E-state index contributed by atoms with van der Waals surface area (Å²) >= 11 is 0. The number of hydrogen-bond donors (Lipinski definition) is 1. The molecule has 3 rings (SSSR count). The first-order valence-electron chi connectivity index (χ1n) is 9.52. The third kappa shape index (κ3) is 4.46. The van der Waals surface area contributed by atoms with Gasteiger partial charge in [0.05, 0.1) is 17.1 Å². The number of nitrogens with one attached hydrogen (secondary N) is 1. The molecule has 154 valence electrons. The number of hydrogen-bond acceptors (Lipinski definition) is 5. The molecule has 0 bridgehead atoms. The van der Waals surface area contributed by atoms with Gasteiger partial charge in [0.2, 0.25) is 0 Å². The highest BCUT2D eigenvalue weighted by Crippen LogP contribution is 2.20. The number of anilines is 1. The first-order valence-corrected chi connectivity index (χ1v) is 9.52. The standard InChI is InChI=1S/C23H23N3O4/c1-14-21(15(2)26(25-14)20-11-6-5-7-12-20)23(29)30-17(4)22(28)24-19-10-8-9-18(13-19)16(3)27/h5-13,17H,1-4H3,(H,24,28)/t17-/m0/s1. The van der Waals surface area contributed by atoms with Crippen molar-refractivity contribution in [1.29, 1.82) is 0 Å². The quantitative estimate of drug-likeness (QED) is 0.497. The lowest BCUT2D eigenvalue weighted by Gasteiger charge is -2.14. The van der Waals surface area contributed by atoms with Gasteiger partial charge < -0.3 is 10.1 Å². The van der Waals surface area contributed by atoms with Crippen LogP contribution in [0.15, 0.2) is 54.6 Å². The summed E-state index contributed by atoms with van der Waals surface area (Å²) in [6, 6.07) is 16.0. The maximum atomic E-state index is 12.7. The summed E-state index contributed by atoms with van der Waals surface area (Å²) in [5.74, 6) is -1.21. The van der Waals surface area contributed by atoms with E-state index in [0.29, 0.717) is 28.2 Å². The highest BCUT2D eigenvalue weighted by atomic mass is 16.5. The zero-order chi connectivity index (χ0) is 21.8. The molecule has 1 amide bonds. The number of amides is 1. The van der Waals surface area contributed by atoms with Gasteiger partial charge in [-0.3, -0.25) is 9.59 Å². The Morgan fingerprint density at radius 3 is 2.40 bits per heavy atom. The molecule has 1 aromatic heterocycles. The van der Waals surface area contributed by atoms with E-state index in [0.717, 1.165) is 5.69 Å². The lowest BCUT2D eigenvalue weighted by atomic mass is 10.1. The van der Waals surface area contributed by atoms with Gasteiger partial charge in [-0.1, -0.05) is 30.3 Å². The number of esters is 1. The van der Waals surface area contributed by atoms with Crippen LogP contribution in [0.3, 0.4) is 0 Å². The molecule has 7 nitrogen and oxygen atoms in total. The minimum absolute atomic E-state index is 0.105. The van der Waals surface area contributed by atoms with Gasteiger partial charge in [-0.25, -0.2) is 9.48 Å². The number of ether oxygens (including phenoxy) is 1. The van der Waals surface area contributed by atoms with E-state index in [2.05, 4.69) is 10.4 Å². The first-order chi connectivity index (χ1) is 14.3. The molecular formula is C23H23N3O4. The summed E-state index contributed by atoms with van der Waals surface area (Å²) in [5, 5.41) is 7.10. The number of carbonyl (C=O) groups excluding carboxylic acids is 3. The van der Waals surface area contributed by atoms with E-state index in [4.69, 9.17) is 4.74 Å². The number of benzene rings is 2. The van der Waals surface area contributed by atoms with Crippen molar-refractivity contribution in [2.75, 3.05) is 5.32 Å². The van der Waals surface area contributed by atoms with E-state index in [9.17, 15) is 14.4 Å². The largest absolute Gasteiger partial charge is 0.449 e. The summed E-state index contributed by atoms with van der Waals surface area (Å²) in [5.41, 5.74) is 3.25. The van der Waals surface area contributed by atoms with Gasteiger partial charge in [0.25, 0.3) is 5.91 Å². The molecule has 0 aliphatic rings. The molecule has 0 unspecified atom stereocenters. The first kappa shape index (κ1) is 21.0. The third-order valence-electron chi connectivity index (χ3n) is 4.69. The topological polar surface area (TPSA) is 90.3 Å². The smallest absolute Gasteiger partial charge is 0.342 e. The van der Waals surface area contributed by atoms with Gasteiger partial charge in [-0.05, 0) is 52.0 Å². The molecule has 0 fully saturated rings. The van der Waals surface area contributed by atoms with Crippen molar-refractivity contribution in [3.05, 3.63) is 77.1 Å². The number of ketones is 1. The maximum absolute atomic E-state index is 12.7. The average Bonchev–Trinajstić information content (AvgIpc) is 3.02. The number of nitrogens with zero attached hydrogens (tertiary/aromatic N) is 2. The number of aromatic nitrogens is 2. The molecule has 2 aromatic carbocycles. The average molecular weight is 405 g/mol. The molecule has 3 aromatic rings. The normalized spacial score (nSPS) is 11.6. The Morgan fingerprint density at radius 2 is 1.73 bits per heavy atom. The molecule has 0 aliphatic heterocycles. The highest BCUT2D eigenvalue weighted by Gasteiger charge is 2.25. The summed E-state index contributed by atoms with van der Waals surface area (Å²) in [4.78, 5) is 36.7. The van der Waals surface area contributed by atoms with Gasteiger partial charge in [-0.2, -0.15) is 5.10 Å². The molecule has 0 saturated heterocycles. The minimum Gasteiger partial charge on any atom is -0.449 e. The van der Waals surface area contributed by atoms with Gasteiger partial charge in [-0.15, -0.1) is 0 Å². The van der Waals surface area contributed by atoms with Gasteiger partial charge in [0, 0.05) is 11.3 Å². The molecule has 1 N–H and O–H groups in total. The van der Waals surface area contributed by atoms with Crippen LogP contribution in [0.4, 0.5) is 5.69 Å². The number of rotatable bonds is 6. The fourth-order valence-corrected chi connectivity index (χ4v) is 3.09. The van der Waals surface area contributed by atoms with Crippen molar-refractivity contribution in [1.82, 2.24) is 9.78 Å². The second kappa shape index (κ2) is 8.73. The molecule has 1 atom stereocenters. The monoisotopic (exact) mass is 405 g/mol. The van der Waals surface area contributed by atoms with Gasteiger partial charge in [0.1, 0.15) is 5.56 Å². The molecule has 0 aliphatic carbocycles. The lowest BCUT2D eigenvalue weighted by Crippen LogP contribution is -2.30. The predicted octanol–water partition coefficient (Wildman–Crippen LogP) is 3.88. The van der Waals surface area contributed by atoms with Crippen molar-refractivity contribution in [2.45, 2.75) is 33.8 Å². The van der Waals surface area contributed by atoms with Crippen LogP contribution in [0.5, 0.6) is 0 Å². The molecular weight excluding hydrogens is 382 g/mol. The van der Waals surface area contributed by atoms with Crippen LogP contribution in [-0.2, 0) is 9.53 Å². The summed E-state index contributed by atoms with van der Waals surface area (Å²) in [7, 11) is 0. The molecule has 0 spiro atoms. The third-order valence-corrected chi connectivity index (χ3v) is 4.69. The Kier molecular flexibility index (Phi) is 6.11. The Labute approximate surface area is 174 Å². The Morgan fingerprint density at radius 1 is 1.03 bits per heavy atom. The molecule has 30 heavy (non-hydrogen) atoms. The van der Waals surface area contributed by atoms with E-state index in [1.807, 2.05) is 30.3 Å². The van der Waals surface area contributed by atoms with Crippen molar-refractivity contribution in [3.8, 4) is 5.69 Å². The van der Waals surface area contributed by atoms with Crippen molar-refractivity contribution in [3.63, 3.8) is 0 Å². The van der Waals surface area contributed by atoms with Crippen LogP contribution >= 0.6 is 0 Å². The number of Topliss-reactive ketones (excluding diaryl/α,β-unsaturated/α-hetero) is 1. The van der Waals surface area contributed by atoms with E-state index in [1.54, 1.807) is 42.8 Å². The van der Waals surface area contributed by atoms with Crippen LogP contribution < -0.4 is 5.32 Å². The van der Waals surface area contributed by atoms with E-state index in [-0.39, 0.29) is 5.78 Å². The van der Waals surface area contributed by atoms with E-state index < -0.39 is 18.0 Å². The highest BCUT2D eigenvalue weighted by molar-refractivity contribution is 6.00. The maximum Gasteiger partial charge on any atom is 0.342 e. The molecule has 0 radical (unpaired) electrons. The van der Waals surface area contributed by atoms with Crippen molar-refractivity contribution >= 4 is 23.3 Å². The molecule has 7 heteroatoms. The molecule has 0 saturated carbocycles. The van der Waals surface area contributed by atoms with Crippen LogP contribution in [0.2, 0.25) is 0 Å². The Bertz CT molecular complexity index is 1100. The van der Waals surface area contributed by atoms with E-state index >= 15 is 0 Å². The predicted molar refractivity (Wildman–Crippen MR) is 113 cm³/mol. The number of aryl methyl sites for hydroxylation is 1.